The Kier molecular flexibility index (Phi) is 4.07. The minimum atomic E-state index is 0.229. The van der Waals surface area contributed by atoms with E-state index in [-0.39, 0.29) is 5.54 Å². The third-order valence-electron chi connectivity index (χ3n) is 3.30. The molecule has 1 fully saturated rings. The highest BCUT2D eigenvalue weighted by atomic mass is 79.9. The smallest absolute Gasteiger partial charge is 0.133 e. The van der Waals surface area contributed by atoms with Gasteiger partial charge >= 0.3 is 0 Å². The standard InChI is InChI=1S/C13H19BrN2O/c1-13(5-6-15-9-13)16-8-10-3-4-12(17-2)11(14)7-10/h3-4,7,15-16H,5-6,8-9H2,1-2H3. The monoisotopic (exact) mass is 298 g/mol. The summed E-state index contributed by atoms with van der Waals surface area (Å²) in [7, 11) is 1.68. The SMILES string of the molecule is COc1ccc(CNC2(C)CCNC2)cc1Br. The first-order chi connectivity index (χ1) is 8.13. The molecule has 1 heterocycles. The second kappa shape index (κ2) is 5.38. The second-order valence-corrected chi connectivity index (χ2v) is 5.66. The minimum absolute atomic E-state index is 0.229. The number of benzene rings is 1. The first-order valence-electron chi connectivity index (χ1n) is 5.91. The number of methoxy groups -OCH3 is 1. The molecular formula is C13H19BrN2O. The van der Waals surface area contributed by atoms with Crippen molar-refractivity contribution in [1.29, 1.82) is 0 Å². The van der Waals surface area contributed by atoms with Gasteiger partial charge in [-0.1, -0.05) is 6.07 Å². The fraction of sp³-hybridized carbons (Fsp3) is 0.538. The Labute approximate surface area is 111 Å². The molecule has 0 aliphatic carbocycles. The van der Waals surface area contributed by atoms with Crippen LogP contribution in [0.1, 0.15) is 18.9 Å². The van der Waals surface area contributed by atoms with Crippen molar-refractivity contribution >= 4 is 15.9 Å². The van der Waals surface area contributed by atoms with Gasteiger partial charge in [-0.25, -0.2) is 0 Å². The molecule has 1 aromatic carbocycles. The number of rotatable bonds is 4. The summed E-state index contributed by atoms with van der Waals surface area (Å²) in [4.78, 5) is 0. The van der Waals surface area contributed by atoms with Gasteiger partial charge in [0, 0.05) is 18.6 Å². The highest BCUT2D eigenvalue weighted by Gasteiger charge is 2.27. The van der Waals surface area contributed by atoms with E-state index in [0.717, 1.165) is 29.9 Å². The number of nitrogens with one attached hydrogen (secondary N) is 2. The molecule has 0 bridgehead atoms. The van der Waals surface area contributed by atoms with E-state index < -0.39 is 0 Å². The maximum absolute atomic E-state index is 5.22. The zero-order valence-electron chi connectivity index (χ0n) is 10.3. The molecule has 2 N–H and O–H groups in total. The topological polar surface area (TPSA) is 33.3 Å². The Balaban J connectivity index is 1.97. The van der Waals surface area contributed by atoms with E-state index in [1.54, 1.807) is 7.11 Å². The summed E-state index contributed by atoms with van der Waals surface area (Å²) >= 11 is 3.51. The van der Waals surface area contributed by atoms with Gasteiger partial charge in [0.2, 0.25) is 0 Å². The summed E-state index contributed by atoms with van der Waals surface area (Å²) in [5.41, 5.74) is 1.50. The van der Waals surface area contributed by atoms with E-state index in [9.17, 15) is 0 Å². The largest absolute Gasteiger partial charge is 0.496 e. The van der Waals surface area contributed by atoms with Gasteiger partial charge < -0.3 is 15.4 Å². The average Bonchev–Trinajstić information content (AvgIpc) is 2.74. The summed E-state index contributed by atoms with van der Waals surface area (Å²) < 4.78 is 6.23. The van der Waals surface area contributed by atoms with Crippen molar-refractivity contribution < 1.29 is 4.74 Å². The lowest BCUT2D eigenvalue weighted by Gasteiger charge is -2.24. The molecule has 94 valence electrons. The van der Waals surface area contributed by atoms with Crippen LogP contribution in [0.4, 0.5) is 0 Å². The molecule has 4 heteroatoms. The lowest BCUT2D eigenvalue weighted by molar-refractivity contribution is 0.385. The van der Waals surface area contributed by atoms with E-state index in [2.05, 4.69) is 45.6 Å². The van der Waals surface area contributed by atoms with E-state index in [1.807, 2.05) is 6.07 Å². The van der Waals surface area contributed by atoms with Crippen LogP contribution in [0.15, 0.2) is 22.7 Å². The Hall–Kier alpha value is -0.580. The van der Waals surface area contributed by atoms with Crippen LogP contribution in [-0.2, 0) is 6.54 Å². The van der Waals surface area contributed by atoms with Gasteiger partial charge in [-0.05, 0) is 53.5 Å². The molecule has 1 unspecified atom stereocenters. The van der Waals surface area contributed by atoms with E-state index in [4.69, 9.17) is 4.74 Å². The summed E-state index contributed by atoms with van der Waals surface area (Å²) in [6.45, 7) is 5.31. The van der Waals surface area contributed by atoms with Crippen LogP contribution >= 0.6 is 15.9 Å². The molecular weight excluding hydrogens is 280 g/mol. The Morgan fingerprint density at radius 3 is 2.94 bits per heavy atom. The molecule has 0 radical (unpaired) electrons. The van der Waals surface area contributed by atoms with Crippen molar-refractivity contribution in [3.8, 4) is 5.75 Å². The molecule has 17 heavy (non-hydrogen) atoms. The molecule has 1 aliphatic rings. The van der Waals surface area contributed by atoms with Crippen molar-refractivity contribution in [3.05, 3.63) is 28.2 Å². The molecule has 0 amide bonds. The van der Waals surface area contributed by atoms with Gasteiger partial charge in [-0.2, -0.15) is 0 Å². The lowest BCUT2D eigenvalue weighted by atomic mass is 10.0. The fourth-order valence-corrected chi connectivity index (χ4v) is 2.69. The molecule has 0 saturated carbocycles. The maximum Gasteiger partial charge on any atom is 0.133 e. The third kappa shape index (κ3) is 3.21. The van der Waals surface area contributed by atoms with E-state index >= 15 is 0 Å². The van der Waals surface area contributed by atoms with Crippen LogP contribution in [0.5, 0.6) is 5.75 Å². The summed E-state index contributed by atoms with van der Waals surface area (Å²) in [6, 6.07) is 6.20. The van der Waals surface area contributed by atoms with Crippen molar-refractivity contribution in [2.75, 3.05) is 20.2 Å². The van der Waals surface area contributed by atoms with Crippen LogP contribution in [0.3, 0.4) is 0 Å². The van der Waals surface area contributed by atoms with Crippen molar-refractivity contribution in [2.24, 2.45) is 0 Å². The van der Waals surface area contributed by atoms with Gasteiger partial charge in [-0.15, -0.1) is 0 Å². The minimum Gasteiger partial charge on any atom is -0.496 e. The molecule has 2 rings (SSSR count). The molecule has 1 aromatic rings. The van der Waals surface area contributed by atoms with Crippen LogP contribution in [0.25, 0.3) is 0 Å². The zero-order chi connectivity index (χ0) is 12.3. The van der Waals surface area contributed by atoms with Gasteiger partial charge in [0.05, 0.1) is 11.6 Å². The summed E-state index contributed by atoms with van der Waals surface area (Å²) in [5.74, 6) is 0.877. The lowest BCUT2D eigenvalue weighted by Crippen LogP contribution is -2.43. The van der Waals surface area contributed by atoms with Gasteiger partial charge in [0.15, 0.2) is 0 Å². The average molecular weight is 299 g/mol. The Morgan fingerprint density at radius 1 is 1.53 bits per heavy atom. The van der Waals surface area contributed by atoms with Crippen LogP contribution in [0.2, 0.25) is 0 Å². The highest BCUT2D eigenvalue weighted by Crippen LogP contribution is 2.25. The third-order valence-corrected chi connectivity index (χ3v) is 3.92. The first-order valence-corrected chi connectivity index (χ1v) is 6.70. The van der Waals surface area contributed by atoms with Crippen molar-refractivity contribution in [3.63, 3.8) is 0 Å². The molecule has 1 atom stereocenters. The Bertz CT molecular complexity index is 389. The quantitative estimate of drug-likeness (QED) is 0.895. The predicted octanol–water partition coefficient (Wildman–Crippen LogP) is 2.30. The number of hydrogen-bond acceptors (Lipinski definition) is 3. The number of hydrogen-bond donors (Lipinski definition) is 2. The van der Waals surface area contributed by atoms with E-state index in [0.29, 0.717) is 0 Å². The van der Waals surface area contributed by atoms with Crippen molar-refractivity contribution in [2.45, 2.75) is 25.4 Å². The van der Waals surface area contributed by atoms with Crippen LogP contribution in [-0.4, -0.2) is 25.7 Å². The molecule has 1 aliphatic heterocycles. The van der Waals surface area contributed by atoms with Gasteiger partial charge in [0.1, 0.15) is 5.75 Å². The van der Waals surface area contributed by atoms with Gasteiger partial charge in [-0.3, -0.25) is 0 Å². The molecule has 0 aromatic heterocycles. The number of ether oxygens (including phenoxy) is 1. The Morgan fingerprint density at radius 2 is 2.35 bits per heavy atom. The second-order valence-electron chi connectivity index (χ2n) is 4.81. The van der Waals surface area contributed by atoms with Crippen molar-refractivity contribution in [1.82, 2.24) is 10.6 Å². The van der Waals surface area contributed by atoms with Gasteiger partial charge in [0.25, 0.3) is 0 Å². The molecule has 3 nitrogen and oxygen atoms in total. The van der Waals surface area contributed by atoms with E-state index in [1.165, 1.54) is 12.0 Å². The highest BCUT2D eigenvalue weighted by molar-refractivity contribution is 9.10. The molecule has 0 spiro atoms. The summed E-state index contributed by atoms with van der Waals surface area (Å²) in [5, 5.41) is 7.00. The van der Waals surface area contributed by atoms with Crippen LogP contribution in [0, 0.1) is 0 Å². The first kappa shape index (κ1) is 12.9. The molecule has 1 saturated heterocycles. The number of halogens is 1. The zero-order valence-corrected chi connectivity index (χ0v) is 11.9. The predicted molar refractivity (Wildman–Crippen MR) is 73.4 cm³/mol. The van der Waals surface area contributed by atoms with Crippen LogP contribution < -0.4 is 15.4 Å². The normalized spacial score (nSPS) is 23.9. The summed E-state index contributed by atoms with van der Waals surface area (Å²) in [6.07, 6.45) is 1.18. The fourth-order valence-electron chi connectivity index (χ4n) is 2.10. The maximum atomic E-state index is 5.22.